The van der Waals surface area contributed by atoms with Crippen LogP contribution in [0.1, 0.15) is 49.8 Å². The molecule has 2 fully saturated rings. The Balaban J connectivity index is 1.65. The summed E-state index contributed by atoms with van der Waals surface area (Å²) in [6.45, 7) is 2.91. The van der Waals surface area contributed by atoms with Crippen LogP contribution in [0.2, 0.25) is 0 Å². The van der Waals surface area contributed by atoms with Crippen LogP contribution in [0.15, 0.2) is 48.5 Å². The highest BCUT2D eigenvalue weighted by Crippen LogP contribution is 2.37. The van der Waals surface area contributed by atoms with Crippen molar-refractivity contribution in [3.05, 3.63) is 59.7 Å². The lowest BCUT2D eigenvalue weighted by atomic mass is 9.85. The van der Waals surface area contributed by atoms with E-state index in [0.29, 0.717) is 30.4 Å². The van der Waals surface area contributed by atoms with Gasteiger partial charge in [0.05, 0.1) is 14.2 Å². The van der Waals surface area contributed by atoms with Crippen LogP contribution in [0.4, 0.5) is 0 Å². The van der Waals surface area contributed by atoms with E-state index in [-0.39, 0.29) is 24.4 Å². The number of carbonyl (C=O) groups is 2. The molecule has 6 heteroatoms. The molecule has 176 valence electrons. The van der Waals surface area contributed by atoms with E-state index in [4.69, 9.17) is 9.47 Å². The van der Waals surface area contributed by atoms with Gasteiger partial charge in [-0.1, -0.05) is 43.3 Å². The number of hydrogen-bond acceptors (Lipinski definition) is 4. The average molecular weight is 451 g/mol. The molecule has 0 aromatic heterocycles. The van der Waals surface area contributed by atoms with Gasteiger partial charge in [-0.25, -0.2) is 0 Å². The maximum atomic E-state index is 13.9. The zero-order valence-electron chi connectivity index (χ0n) is 19.8. The third-order valence-corrected chi connectivity index (χ3v) is 7.09. The fraction of sp³-hybridized carbons (Fsp3) is 0.481. The fourth-order valence-corrected chi connectivity index (χ4v) is 5.11. The van der Waals surface area contributed by atoms with Crippen LogP contribution >= 0.6 is 0 Å². The molecule has 2 aromatic carbocycles. The Morgan fingerprint density at radius 3 is 2.27 bits per heavy atom. The van der Waals surface area contributed by atoms with Crippen molar-refractivity contribution in [3.63, 3.8) is 0 Å². The molecule has 0 bridgehead atoms. The van der Waals surface area contributed by atoms with Crippen molar-refractivity contribution >= 4 is 11.8 Å². The molecule has 33 heavy (non-hydrogen) atoms. The zero-order chi connectivity index (χ0) is 23.4. The number of hydrogen-bond donors (Lipinski definition) is 0. The largest absolute Gasteiger partial charge is 0.493 e. The molecule has 0 N–H and O–H groups in total. The Labute approximate surface area is 196 Å². The number of methoxy groups -OCH3 is 2. The minimum atomic E-state index is -0.658. The predicted molar refractivity (Wildman–Crippen MR) is 127 cm³/mol. The maximum Gasteiger partial charge on any atom is 0.250 e. The van der Waals surface area contributed by atoms with Gasteiger partial charge in [-0.2, -0.15) is 0 Å². The summed E-state index contributed by atoms with van der Waals surface area (Å²) >= 11 is 0. The van der Waals surface area contributed by atoms with Gasteiger partial charge in [0, 0.05) is 12.6 Å². The van der Waals surface area contributed by atoms with E-state index in [1.165, 1.54) is 0 Å². The van der Waals surface area contributed by atoms with Gasteiger partial charge in [0.1, 0.15) is 12.6 Å². The van der Waals surface area contributed by atoms with Gasteiger partial charge in [0.2, 0.25) is 5.91 Å². The summed E-state index contributed by atoms with van der Waals surface area (Å²) in [5, 5.41) is 0. The highest BCUT2D eigenvalue weighted by molar-refractivity contribution is 5.96. The molecule has 6 nitrogen and oxygen atoms in total. The van der Waals surface area contributed by atoms with Gasteiger partial charge in [0.25, 0.3) is 5.91 Å². The summed E-state index contributed by atoms with van der Waals surface area (Å²) in [6.07, 6.45) is 4.82. The third kappa shape index (κ3) is 5.00. The van der Waals surface area contributed by atoms with Crippen LogP contribution in [0, 0.1) is 5.92 Å². The van der Waals surface area contributed by atoms with E-state index in [9.17, 15) is 9.59 Å². The molecule has 0 radical (unpaired) electrons. The second-order valence-electron chi connectivity index (χ2n) is 9.22. The van der Waals surface area contributed by atoms with E-state index >= 15 is 0 Å². The molecule has 1 atom stereocenters. The highest BCUT2D eigenvalue weighted by atomic mass is 16.5. The number of amides is 2. The van der Waals surface area contributed by atoms with Crippen molar-refractivity contribution in [1.29, 1.82) is 0 Å². The monoisotopic (exact) mass is 450 g/mol. The Kier molecular flexibility index (Phi) is 7.21. The van der Waals surface area contributed by atoms with Crippen LogP contribution < -0.4 is 9.47 Å². The number of nitrogens with zero attached hydrogens (tertiary/aromatic N) is 2. The average Bonchev–Trinajstić information content (AvgIpc) is 2.85. The van der Waals surface area contributed by atoms with Crippen molar-refractivity contribution in [2.75, 3.05) is 27.3 Å². The highest BCUT2D eigenvalue weighted by Gasteiger charge is 2.43. The van der Waals surface area contributed by atoms with Gasteiger partial charge in [-0.05, 0) is 61.3 Å². The molecule has 1 saturated carbocycles. The van der Waals surface area contributed by atoms with Gasteiger partial charge < -0.3 is 19.3 Å². The van der Waals surface area contributed by atoms with Crippen LogP contribution in [0.25, 0.3) is 0 Å². The normalized spacial score (nSPS) is 23.5. The molecule has 2 aliphatic rings. The third-order valence-electron chi connectivity index (χ3n) is 7.09. The smallest absolute Gasteiger partial charge is 0.250 e. The quantitative estimate of drug-likeness (QED) is 0.633. The number of carbonyl (C=O) groups excluding carboxylic acids is 2. The lowest BCUT2D eigenvalue weighted by molar-refractivity contribution is -0.159. The summed E-state index contributed by atoms with van der Waals surface area (Å²) in [5.41, 5.74) is 1.90. The summed E-state index contributed by atoms with van der Waals surface area (Å²) in [7, 11) is 3.17. The van der Waals surface area contributed by atoms with Crippen LogP contribution in [0.3, 0.4) is 0 Å². The number of rotatable bonds is 7. The predicted octanol–water partition coefficient (Wildman–Crippen LogP) is 4.24. The SMILES string of the molecule is COc1ccc([C@@H]2C(=O)N(C3CCC(C)CC3)CC(=O)N2CCc2ccccc2)cc1OC. The molecule has 2 amide bonds. The molecule has 1 aliphatic heterocycles. The summed E-state index contributed by atoms with van der Waals surface area (Å²) in [6, 6.07) is 15.1. The minimum absolute atomic E-state index is 0.00365. The second kappa shape index (κ2) is 10.3. The molecular weight excluding hydrogens is 416 g/mol. The van der Waals surface area contributed by atoms with Crippen LogP contribution in [0.5, 0.6) is 11.5 Å². The first-order valence-electron chi connectivity index (χ1n) is 11.9. The van der Waals surface area contributed by atoms with Crippen molar-refractivity contribution in [1.82, 2.24) is 9.80 Å². The van der Waals surface area contributed by atoms with Gasteiger partial charge >= 0.3 is 0 Å². The van der Waals surface area contributed by atoms with Crippen LogP contribution in [-0.2, 0) is 16.0 Å². The Bertz CT molecular complexity index is 969. The Hall–Kier alpha value is -3.02. The van der Waals surface area contributed by atoms with Crippen molar-refractivity contribution < 1.29 is 19.1 Å². The van der Waals surface area contributed by atoms with Crippen molar-refractivity contribution in [2.24, 2.45) is 5.92 Å². The summed E-state index contributed by atoms with van der Waals surface area (Å²) in [5.74, 6) is 1.85. The molecular formula is C27H34N2O4. The van der Waals surface area contributed by atoms with Crippen LogP contribution in [-0.4, -0.2) is 55.0 Å². The fourth-order valence-electron chi connectivity index (χ4n) is 5.11. The molecule has 0 unspecified atom stereocenters. The zero-order valence-corrected chi connectivity index (χ0v) is 19.8. The van der Waals surface area contributed by atoms with Crippen molar-refractivity contribution in [2.45, 2.75) is 51.1 Å². The molecule has 2 aromatic rings. The molecule has 4 rings (SSSR count). The topological polar surface area (TPSA) is 59.1 Å². The lowest BCUT2D eigenvalue weighted by Gasteiger charge is -2.45. The number of benzene rings is 2. The van der Waals surface area contributed by atoms with E-state index in [1.807, 2.05) is 41.3 Å². The molecule has 1 saturated heterocycles. The first kappa shape index (κ1) is 23.1. The number of ether oxygens (including phenoxy) is 2. The molecule has 0 spiro atoms. The maximum absolute atomic E-state index is 13.9. The second-order valence-corrected chi connectivity index (χ2v) is 9.22. The molecule has 1 heterocycles. The van der Waals surface area contributed by atoms with Gasteiger partial charge in [-0.3, -0.25) is 9.59 Å². The van der Waals surface area contributed by atoms with Crippen molar-refractivity contribution in [3.8, 4) is 11.5 Å². The van der Waals surface area contributed by atoms with Gasteiger partial charge in [0.15, 0.2) is 11.5 Å². The van der Waals surface area contributed by atoms with E-state index in [0.717, 1.165) is 36.8 Å². The molecule has 1 aliphatic carbocycles. The Morgan fingerprint density at radius 1 is 0.909 bits per heavy atom. The van der Waals surface area contributed by atoms with E-state index in [2.05, 4.69) is 19.1 Å². The van der Waals surface area contributed by atoms with E-state index < -0.39 is 6.04 Å². The summed E-state index contributed by atoms with van der Waals surface area (Å²) < 4.78 is 10.9. The summed E-state index contributed by atoms with van der Waals surface area (Å²) in [4.78, 5) is 30.9. The minimum Gasteiger partial charge on any atom is -0.493 e. The standard InChI is InChI=1S/C27H34N2O4/c1-19-9-12-22(13-10-19)29-18-25(30)28(16-15-20-7-5-4-6-8-20)26(27(29)31)21-11-14-23(32-2)24(17-21)33-3/h4-8,11,14,17,19,22,26H,9-10,12-13,15-16,18H2,1-3H3/t19?,22?,26-/m1/s1. The van der Waals surface area contributed by atoms with Gasteiger partial charge in [-0.15, -0.1) is 0 Å². The first-order valence-corrected chi connectivity index (χ1v) is 11.9. The number of piperazine rings is 1. The lowest BCUT2D eigenvalue weighted by Crippen LogP contribution is -2.59. The Morgan fingerprint density at radius 2 is 1.61 bits per heavy atom. The van der Waals surface area contributed by atoms with E-state index in [1.54, 1.807) is 19.1 Å². The first-order chi connectivity index (χ1) is 16.0.